The summed E-state index contributed by atoms with van der Waals surface area (Å²) >= 11 is 0. The Kier molecular flexibility index (Phi) is 3.54. The molecule has 84 valence electrons. The molecule has 0 amide bonds. The molecule has 18 heavy (non-hydrogen) atoms. The quantitative estimate of drug-likeness (QED) is 0.509. The van der Waals surface area contributed by atoms with E-state index >= 15 is 0 Å². The third-order valence-corrected chi connectivity index (χ3v) is 2.53. The standard InChI is InChI=1S/C16H10N2/c1-17-15-11-8-13(9-12-15)7-10-14-5-3-4-6-16(14)18-2/h3-12H/b10-7+. The van der Waals surface area contributed by atoms with Crippen molar-refractivity contribution in [2.75, 3.05) is 0 Å². The van der Waals surface area contributed by atoms with Crippen LogP contribution in [-0.2, 0) is 0 Å². The van der Waals surface area contributed by atoms with E-state index in [2.05, 4.69) is 9.69 Å². The molecule has 0 aliphatic heterocycles. The highest BCUT2D eigenvalue weighted by atomic mass is 14.6. The minimum Gasteiger partial charge on any atom is -0.238 e. The fourth-order valence-corrected chi connectivity index (χ4v) is 1.58. The maximum absolute atomic E-state index is 7.08. The summed E-state index contributed by atoms with van der Waals surface area (Å²) in [5, 5.41) is 0. The van der Waals surface area contributed by atoms with E-state index in [0.717, 1.165) is 11.1 Å². The predicted molar refractivity (Wildman–Crippen MR) is 74.3 cm³/mol. The topological polar surface area (TPSA) is 8.72 Å². The van der Waals surface area contributed by atoms with Gasteiger partial charge in [-0.05, 0) is 11.1 Å². The minimum atomic E-state index is 0.633. The van der Waals surface area contributed by atoms with Gasteiger partial charge in [-0.3, -0.25) is 0 Å². The second-order valence-electron chi connectivity index (χ2n) is 3.71. The molecule has 2 heteroatoms. The van der Waals surface area contributed by atoms with Gasteiger partial charge in [0.2, 0.25) is 0 Å². The van der Waals surface area contributed by atoms with Crippen LogP contribution < -0.4 is 0 Å². The maximum atomic E-state index is 7.08. The van der Waals surface area contributed by atoms with Gasteiger partial charge in [-0.25, -0.2) is 9.69 Å². The molecular weight excluding hydrogens is 220 g/mol. The fraction of sp³-hybridized carbons (Fsp3) is 0. The molecule has 0 N–H and O–H groups in total. The van der Waals surface area contributed by atoms with Crippen molar-refractivity contribution in [3.05, 3.63) is 82.5 Å². The molecule has 0 unspecified atom stereocenters. The highest BCUT2D eigenvalue weighted by Crippen LogP contribution is 2.21. The lowest BCUT2D eigenvalue weighted by Gasteiger charge is -1.97. The van der Waals surface area contributed by atoms with Crippen LogP contribution in [0.1, 0.15) is 11.1 Å². The lowest BCUT2D eigenvalue weighted by atomic mass is 10.1. The summed E-state index contributed by atoms with van der Waals surface area (Å²) in [5.41, 5.74) is 3.20. The smallest absolute Gasteiger partial charge is 0.194 e. The molecule has 0 saturated carbocycles. The Bertz CT molecular complexity index is 653. The number of hydrogen-bond donors (Lipinski definition) is 0. The third kappa shape index (κ3) is 2.64. The first-order chi connectivity index (χ1) is 8.83. The van der Waals surface area contributed by atoms with Gasteiger partial charge in [0.25, 0.3) is 0 Å². The van der Waals surface area contributed by atoms with E-state index in [1.165, 1.54) is 0 Å². The summed E-state index contributed by atoms with van der Waals surface area (Å²) in [6, 6.07) is 14.8. The Hall–Kier alpha value is -2.84. The molecule has 0 spiro atoms. The molecule has 0 aromatic heterocycles. The van der Waals surface area contributed by atoms with E-state index in [9.17, 15) is 0 Å². The van der Waals surface area contributed by atoms with Crippen molar-refractivity contribution in [2.24, 2.45) is 0 Å². The number of hydrogen-bond acceptors (Lipinski definition) is 0. The van der Waals surface area contributed by atoms with E-state index in [1.54, 1.807) is 18.2 Å². The zero-order chi connectivity index (χ0) is 12.8. The van der Waals surface area contributed by atoms with Gasteiger partial charge in [0.05, 0.1) is 13.1 Å². The maximum Gasteiger partial charge on any atom is 0.194 e. The van der Waals surface area contributed by atoms with Gasteiger partial charge in [-0.2, -0.15) is 0 Å². The van der Waals surface area contributed by atoms with Gasteiger partial charge in [0.15, 0.2) is 11.4 Å². The molecule has 2 nitrogen and oxygen atoms in total. The van der Waals surface area contributed by atoms with E-state index in [0.29, 0.717) is 11.4 Å². The van der Waals surface area contributed by atoms with Crippen molar-refractivity contribution >= 4 is 23.5 Å². The molecular formula is C16H10N2. The molecule has 0 aliphatic rings. The van der Waals surface area contributed by atoms with Crippen molar-refractivity contribution in [3.63, 3.8) is 0 Å². The second-order valence-corrected chi connectivity index (χ2v) is 3.71. The van der Waals surface area contributed by atoms with Crippen LogP contribution in [-0.4, -0.2) is 0 Å². The Morgan fingerprint density at radius 3 is 2.17 bits per heavy atom. The number of nitrogens with zero attached hydrogens (tertiary/aromatic N) is 2. The minimum absolute atomic E-state index is 0.633. The summed E-state index contributed by atoms with van der Waals surface area (Å²) in [6.45, 7) is 14.0. The van der Waals surface area contributed by atoms with Crippen molar-refractivity contribution in [3.8, 4) is 0 Å². The summed E-state index contributed by atoms with van der Waals surface area (Å²) in [7, 11) is 0. The van der Waals surface area contributed by atoms with Crippen LogP contribution in [0.3, 0.4) is 0 Å². The zero-order valence-electron chi connectivity index (χ0n) is 9.67. The molecule has 0 bridgehead atoms. The first kappa shape index (κ1) is 11.6. The number of rotatable bonds is 2. The van der Waals surface area contributed by atoms with Crippen LogP contribution in [0.25, 0.3) is 21.8 Å². The van der Waals surface area contributed by atoms with Gasteiger partial charge < -0.3 is 0 Å². The highest BCUT2D eigenvalue weighted by Gasteiger charge is 1.96. The lowest BCUT2D eigenvalue weighted by molar-refractivity contribution is 1.65. The summed E-state index contributed by atoms with van der Waals surface area (Å²) < 4.78 is 0. The number of benzene rings is 2. The van der Waals surface area contributed by atoms with Crippen LogP contribution in [0.5, 0.6) is 0 Å². The monoisotopic (exact) mass is 230 g/mol. The number of para-hydroxylation sites is 1. The summed E-state index contributed by atoms with van der Waals surface area (Å²) in [6.07, 6.45) is 3.86. The molecule has 0 radical (unpaired) electrons. The molecule has 0 heterocycles. The van der Waals surface area contributed by atoms with E-state index in [-0.39, 0.29) is 0 Å². The van der Waals surface area contributed by atoms with Crippen LogP contribution in [0, 0.1) is 13.1 Å². The van der Waals surface area contributed by atoms with E-state index < -0.39 is 0 Å². The Labute approximate surface area is 106 Å². The second kappa shape index (κ2) is 5.48. The molecule has 0 aliphatic carbocycles. The van der Waals surface area contributed by atoms with Crippen LogP contribution >= 0.6 is 0 Å². The van der Waals surface area contributed by atoms with Gasteiger partial charge in [-0.1, -0.05) is 60.7 Å². The predicted octanol–water partition coefficient (Wildman–Crippen LogP) is 4.96. The van der Waals surface area contributed by atoms with Crippen molar-refractivity contribution in [1.82, 2.24) is 0 Å². The summed E-state index contributed by atoms with van der Waals surface area (Å²) in [4.78, 5) is 6.81. The SMILES string of the molecule is [C-]#[N+]c1ccc(/C=C/c2ccccc2[N+]#[C-])cc1. The van der Waals surface area contributed by atoms with Crippen LogP contribution in [0.2, 0.25) is 0 Å². The van der Waals surface area contributed by atoms with Gasteiger partial charge in [0.1, 0.15) is 0 Å². The molecule has 0 saturated heterocycles. The van der Waals surface area contributed by atoms with Crippen molar-refractivity contribution in [1.29, 1.82) is 0 Å². The highest BCUT2D eigenvalue weighted by molar-refractivity contribution is 5.77. The first-order valence-corrected chi connectivity index (χ1v) is 5.45. The van der Waals surface area contributed by atoms with Gasteiger partial charge in [-0.15, -0.1) is 0 Å². The summed E-state index contributed by atoms with van der Waals surface area (Å²) in [5.74, 6) is 0. The Morgan fingerprint density at radius 2 is 1.50 bits per heavy atom. The van der Waals surface area contributed by atoms with Crippen molar-refractivity contribution in [2.45, 2.75) is 0 Å². The van der Waals surface area contributed by atoms with Crippen LogP contribution in [0.15, 0.2) is 48.5 Å². The fourth-order valence-electron chi connectivity index (χ4n) is 1.58. The van der Waals surface area contributed by atoms with E-state index in [4.69, 9.17) is 13.1 Å². The first-order valence-electron chi connectivity index (χ1n) is 5.45. The van der Waals surface area contributed by atoms with E-state index in [1.807, 2.05) is 42.5 Å². The zero-order valence-corrected chi connectivity index (χ0v) is 9.67. The third-order valence-electron chi connectivity index (χ3n) is 2.53. The Morgan fingerprint density at radius 1 is 0.778 bits per heavy atom. The lowest BCUT2D eigenvalue weighted by Crippen LogP contribution is -1.73. The van der Waals surface area contributed by atoms with Crippen LogP contribution in [0.4, 0.5) is 11.4 Å². The molecule has 2 aromatic carbocycles. The Balaban J connectivity index is 2.25. The molecule has 2 aromatic rings. The molecule has 0 fully saturated rings. The van der Waals surface area contributed by atoms with Gasteiger partial charge >= 0.3 is 0 Å². The average molecular weight is 230 g/mol. The molecule has 0 atom stereocenters. The average Bonchev–Trinajstić information content (AvgIpc) is 2.46. The van der Waals surface area contributed by atoms with Gasteiger partial charge in [0, 0.05) is 0 Å². The molecule has 2 rings (SSSR count). The largest absolute Gasteiger partial charge is 0.238 e. The normalized spacial score (nSPS) is 9.89. The van der Waals surface area contributed by atoms with Crippen molar-refractivity contribution < 1.29 is 0 Å².